The average Bonchev–Trinajstić information content (AvgIpc) is 2.87. The van der Waals surface area contributed by atoms with Crippen molar-refractivity contribution in [2.24, 2.45) is 0 Å². The van der Waals surface area contributed by atoms with Gasteiger partial charge in [-0.3, -0.25) is 9.59 Å². The van der Waals surface area contributed by atoms with Gasteiger partial charge in [-0.05, 0) is 45.0 Å². The molecule has 0 aliphatic heterocycles. The molecule has 0 saturated heterocycles. The monoisotopic (exact) mass is 474 g/mol. The lowest BCUT2D eigenvalue weighted by Gasteiger charge is -2.17. The zero-order valence-corrected chi connectivity index (χ0v) is 20.2. The molecule has 0 atom stereocenters. The van der Waals surface area contributed by atoms with Crippen molar-refractivity contribution in [3.05, 3.63) is 83.9 Å². The molecule has 2 amide bonds. The maximum absolute atomic E-state index is 12.7. The molecule has 2 N–H and O–H groups in total. The van der Waals surface area contributed by atoms with E-state index in [1.54, 1.807) is 42.5 Å². The molecule has 0 radical (unpaired) electrons. The lowest BCUT2D eigenvalue weighted by atomic mass is 10.1. The van der Waals surface area contributed by atoms with Gasteiger partial charge >= 0.3 is 0 Å². The summed E-state index contributed by atoms with van der Waals surface area (Å²) < 4.78 is 17.1. The zero-order chi connectivity index (χ0) is 25.0. The van der Waals surface area contributed by atoms with E-state index < -0.39 is 0 Å². The van der Waals surface area contributed by atoms with Crippen molar-refractivity contribution in [3.8, 4) is 17.2 Å². The van der Waals surface area contributed by atoms with Gasteiger partial charge in [-0.1, -0.05) is 36.4 Å². The predicted octanol–water partition coefficient (Wildman–Crippen LogP) is 5.79. The Balaban J connectivity index is 1.85. The van der Waals surface area contributed by atoms with E-state index in [4.69, 9.17) is 14.2 Å². The first kappa shape index (κ1) is 25.4. The molecule has 7 nitrogen and oxygen atoms in total. The van der Waals surface area contributed by atoms with Gasteiger partial charge in [0, 0.05) is 29.3 Å². The first-order chi connectivity index (χ1) is 17.0. The number of nitrogens with one attached hydrogen (secondary N) is 2. The molecular weight excluding hydrogens is 444 g/mol. The Morgan fingerprint density at radius 3 is 1.89 bits per heavy atom. The summed E-state index contributed by atoms with van der Waals surface area (Å²) in [6.45, 7) is 6.88. The minimum atomic E-state index is -0.347. The van der Waals surface area contributed by atoms with Gasteiger partial charge in [0.15, 0.2) is 0 Å². The van der Waals surface area contributed by atoms with Crippen LogP contribution >= 0.6 is 0 Å². The maximum atomic E-state index is 12.7. The summed E-state index contributed by atoms with van der Waals surface area (Å²) in [7, 11) is 0. The van der Waals surface area contributed by atoms with Crippen molar-refractivity contribution >= 4 is 29.3 Å². The molecule has 0 heterocycles. The number of hydrogen-bond acceptors (Lipinski definition) is 5. The highest BCUT2D eigenvalue weighted by molar-refractivity contribution is 6.06. The summed E-state index contributed by atoms with van der Waals surface area (Å²) in [6, 6.07) is 19.7. The van der Waals surface area contributed by atoms with Crippen LogP contribution in [0.3, 0.4) is 0 Å². The van der Waals surface area contributed by atoms with Crippen LogP contribution in [0.15, 0.2) is 72.8 Å². The van der Waals surface area contributed by atoms with Crippen LogP contribution in [0.4, 0.5) is 11.4 Å². The molecule has 0 bridgehead atoms. The molecule has 35 heavy (non-hydrogen) atoms. The quantitative estimate of drug-likeness (QED) is 0.344. The minimum Gasteiger partial charge on any atom is -0.493 e. The number of amides is 2. The summed E-state index contributed by atoms with van der Waals surface area (Å²) >= 11 is 0. The Labute approximate surface area is 205 Å². The third-order valence-electron chi connectivity index (χ3n) is 4.86. The van der Waals surface area contributed by atoms with Gasteiger partial charge in [-0.25, -0.2) is 0 Å². The number of carbonyl (C=O) groups excluding carboxylic acids is 2. The molecule has 3 aromatic rings. The summed E-state index contributed by atoms with van der Waals surface area (Å²) in [5.74, 6) is 0.908. The number of carbonyl (C=O) groups is 2. The second-order valence-corrected chi connectivity index (χ2v) is 7.32. The molecule has 0 aliphatic carbocycles. The maximum Gasteiger partial charge on any atom is 0.255 e. The molecule has 0 aliphatic rings. The second kappa shape index (κ2) is 12.8. The molecule has 0 unspecified atom stereocenters. The molecule has 182 valence electrons. The highest BCUT2D eigenvalue weighted by Gasteiger charge is 2.16. The number of benzene rings is 3. The first-order valence-corrected chi connectivity index (χ1v) is 11.6. The van der Waals surface area contributed by atoms with Crippen molar-refractivity contribution in [1.82, 2.24) is 0 Å². The van der Waals surface area contributed by atoms with Crippen molar-refractivity contribution < 1.29 is 23.8 Å². The lowest BCUT2D eigenvalue weighted by molar-refractivity contribution is -0.111. The number of hydrogen-bond donors (Lipinski definition) is 2. The largest absolute Gasteiger partial charge is 0.493 e. The van der Waals surface area contributed by atoms with Gasteiger partial charge in [0.05, 0.1) is 31.2 Å². The highest BCUT2D eigenvalue weighted by atomic mass is 16.5. The summed E-state index contributed by atoms with van der Waals surface area (Å²) in [5.41, 5.74) is 2.19. The molecule has 3 aromatic carbocycles. The molecular formula is C28H30N2O5. The van der Waals surface area contributed by atoms with Crippen molar-refractivity contribution in [3.63, 3.8) is 0 Å². The third kappa shape index (κ3) is 7.11. The fourth-order valence-corrected chi connectivity index (χ4v) is 3.33. The van der Waals surface area contributed by atoms with E-state index >= 15 is 0 Å². The lowest BCUT2D eigenvalue weighted by Crippen LogP contribution is -2.14. The topological polar surface area (TPSA) is 85.9 Å². The molecule has 0 spiro atoms. The van der Waals surface area contributed by atoms with Gasteiger partial charge in [-0.2, -0.15) is 0 Å². The van der Waals surface area contributed by atoms with Gasteiger partial charge in [0.2, 0.25) is 5.91 Å². The fraction of sp³-hybridized carbons (Fsp3) is 0.214. The number of rotatable bonds is 11. The second-order valence-electron chi connectivity index (χ2n) is 7.32. The molecule has 7 heteroatoms. The SMILES string of the molecule is CCOc1ccccc1/C=C/C(=O)Nc1cc(OCC)c(NC(=O)c2ccccc2)cc1OCC. The zero-order valence-electron chi connectivity index (χ0n) is 20.2. The van der Waals surface area contributed by atoms with Crippen LogP contribution in [0, 0.1) is 0 Å². The van der Waals surface area contributed by atoms with Crippen molar-refractivity contribution in [2.75, 3.05) is 30.5 Å². The van der Waals surface area contributed by atoms with Crippen LogP contribution in [-0.2, 0) is 4.79 Å². The van der Waals surface area contributed by atoms with Gasteiger partial charge in [0.25, 0.3) is 5.91 Å². The summed E-state index contributed by atoms with van der Waals surface area (Å²) in [5, 5.41) is 5.72. The Hall–Kier alpha value is -4.26. The molecule has 0 saturated carbocycles. The Kier molecular flexibility index (Phi) is 9.31. The Morgan fingerprint density at radius 1 is 0.714 bits per heavy atom. The van der Waals surface area contributed by atoms with Crippen LogP contribution in [0.1, 0.15) is 36.7 Å². The van der Waals surface area contributed by atoms with Gasteiger partial charge in [-0.15, -0.1) is 0 Å². The summed E-state index contributed by atoms with van der Waals surface area (Å²) in [4.78, 5) is 25.4. The van der Waals surface area contributed by atoms with Gasteiger partial charge in [0.1, 0.15) is 17.2 Å². The Morgan fingerprint density at radius 2 is 1.26 bits per heavy atom. The third-order valence-corrected chi connectivity index (χ3v) is 4.86. The van der Waals surface area contributed by atoms with E-state index in [1.807, 2.05) is 51.1 Å². The van der Waals surface area contributed by atoms with Crippen LogP contribution in [-0.4, -0.2) is 31.6 Å². The van der Waals surface area contributed by atoms with E-state index in [-0.39, 0.29) is 11.8 Å². The number of ether oxygens (including phenoxy) is 3. The molecule has 0 fully saturated rings. The fourth-order valence-electron chi connectivity index (χ4n) is 3.33. The van der Waals surface area contributed by atoms with E-state index in [9.17, 15) is 9.59 Å². The van der Waals surface area contributed by atoms with E-state index in [1.165, 1.54) is 6.08 Å². The van der Waals surface area contributed by atoms with Crippen molar-refractivity contribution in [1.29, 1.82) is 0 Å². The standard InChI is InChI=1S/C28H30N2O5/c1-4-33-24-15-11-10-12-20(24)16-17-27(31)29-22-18-26(35-6-3)23(19-25(22)34-5-2)30-28(32)21-13-8-7-9-14-21/h7-19H,4-6H2,1-3H3,(H,29,31)(H,30,32)/b17-16+. The molecule has 0 aromatic heterocycles. The van der Waals surface area contributed by atoms with Crippen molar-refractivity contribution in [2.45, 2.75) is 20.8 Å². The van der Waals surface area contributed by atoms with Gasteiger partial charge < -0.3 is 24.8 Å². The summed E-state index contributed by atoms with van der Waals surface area (Å²) in [6.07, 6.45) is 3.12. The highest BCUT2D eigenvalue weighted by Crippen LogP contribution is 2.37. The predicted molar refractivity (Wildman–Crippen MR) is 138 cm³/mol. The van der Waals surface area contributed by atoms with Crippen LogP contribution in [0.2, 0.25) is 0 Å². The van der Waals surface area contributed by atoms with Crippen LogP contribution in [0.5, 0.6) is 17.2 Å². The van der Waals surface area contributed by atoms with E-state index in [0.717, 1.165) is 5.56 Å². The van der Waals surface area contributed by atoms with Crippen LogP contribution < -0.4 is 24.8 Å². The first-order valence-electron chi connectivity index (χ1n) is 11.6. The minimum absolute atomic E-state index is 0.276. The molecule has 3 rings (SSSR count). The van der Waals surface area contributed by atoms with Crippen LogP contribution in [0.25, 0.3) is 6.08 Å². The smallest absolute Gasteiger partial charge is 0.255 e. The average molecular weight is 475 g/mol. The normalized spacial score (nSPS) is 10.6. The van der Waals surface area contributed by atoms with E-state index in [0.29, 0.717) is 54.0 Å². The number of para-hydroxylation sites is 1. The Bertz CT molecular complexity index is 1180. The van der Waals surface area contributed by atoms with E-state index in [2.05, 4.69) is 10.6 Å². The number of anilines is 2.